The Kier molecular flexibility index (Phi) is 6.26. The lowest BCUT2D eigenvalue weighted by Crippen LogP contribution is -2.50. The molecule has 32 heavy (non-hydrogen) atoms. The van der Waals surface area contributed by atoms with Crippen LogP contribution >= 0.6 is 0 Å². The molecule has 3 aromatic rings. The van der Waals surface area contributed by atoms with Crippen molar-refractivity contribution in [2.24, 2.45) is 11.1 Å². The Balaban J connectivity index is 1.54. The molecule has 0 atom stereocenters. The van der Waals surface area contributed by atoms with Gasteiger partial charge in [0.1, 0.15) is 5.75 Å². The molecular weight excluding hydrogens is 400 g/mol. The van der Waals surface area contributed by atoms with Crippen molar-refractivity contribution in [3.63, 3.8) is 0 Å². The zero-order valence-corrected chi connectivity index (χ0v) is 18.3. The van der Waals surface area contributed by atoms with E-state index in [0.717, 1.165) is 16.7 Å². The van der Waals surface area contributed by atoms with Crippen molar-refractivity contribution in [1.29, 1.82) is 0 Å². The van der Waals surface area contributed by atoms with Gasteiger partial charge in [0.2, 0.25) is 5.91 Å². The number of carbonyl (C=O) groups excluding carboxylic acids is 2. The molecule has 0 aromatic heterocycles. The molecule has 164 valence electrons. The molecule has 1 fully saturated rings. The first-order chi connectivity index (χ1) is 15.5. The molecule has 2 amide bonds. The largest absolute Gasteiger partial charge is 0.497 e. The van der Waals surface area contributed by atoms with Crippen molar-refractivity contribution in [2.75, 3.05) is 20.2 Å². The molecule has 0 aliphatic carbocycles. The van der Waals surface area contributed by atoms with E-state index in [4.69, 9.17) is 10.5 Å². The number of piperidine rings is 1. The van der Waals surface area contributed by atoms with Gasteiger partial charge in [-0.25, -0.2) is 0 Å². The maximum atomic E-state index is 13.0. The summed E-state index contributed by atoms with van der Waals surface area (Å²) in [4.78, 5) is 27.5. The van der Waals surface area contributed by atoms with Gasteiger partial charge in [-0.05, 0) is 54.2 Å². The van der Waals surface area contributed by atoms with Crippen molar-refractivity contribution < 1.29 is 14.3 Å². The molecule has 5 heteroatoms. The van der Waals surface area contributed by atoms with Crippen molar-refractivity contribution in [3.05, 3.63) is 90.0 Å². The van der Waals surface area contributed by atoms with Crippen LogP contribution in [0.1, 0.15) is 28.8 Å². The smallest absolute Gasteiger partial charge is 0.253 e. The van der Waals surface area contributed by atoms with Gasteiger partial charge in [-0.2, -0.15) is 0 Å². The highest BCUT2D eigenvalue weighted by Gasteiger charge is 2.41. The summed E-state index contributed by atoms with van der Waals surface area (Å²) >= 11 is 0. The van der Waals surface area contributed by atoms with Gasteiger partial charge in [-0.15, -0.1) is 0 Å². The maximum Gasteiger partial charge on any atom is 0.253 e. The standard InChI is InChI=1S/C27H28N2O3/c1-32-23-12-7-11-21(18-23)25(30)29-16-14-27(15-17-29,26(28)31)19-22-10-5-6-13-24(22)20-8-3-2-4-9-20/h2-13,18H,14-17,19H2,1H3,(H2,28,31). The quantitative estimate of drug-likeness (QED) is 0.636. The Morgan fingerprint density at radius 1 is 0.938 bits per heavy atom. The molecule has 0 radical (unpaired) electrons. The number of benzene rings is 3. The number of amides is 2. The van der Waals surface area contributed by atoms with Crippen molar-refractivity contribution in [3.8, 4) is 16.9 Å². The van der Waals surface area contributed by atoms with E-state index in [2.05, 4.69) is 24.3 Å². The first-order valence-electron chi connectivity index (χ1n) is 10.9. The summed E-state index contributed by atoms with van der Waals surface area (Å²) in [6, 6.07) is 25.5. The third kappa shape index (κ3) is 4.37. The number of carbonyl (C=O) groups is 2. The van der Waals surface area contributed by atoms with Gasteiger partial charge in [-0.1, -0.05) is 60.7 Å². The second kappa shape index (κ2) is 9.27. The van der Waals surface area contributed by atoms with Gasteiger partial charge >= 0.3 is 0 Å². The normalized spacial score (nSPS) is 15.2. The summed E-state index contributed by atoms with van der Waals surface area (Å²) in [5.41, 5.74) is 9.20. The summed E-state index contributed by atoms with van der Waals surface area (Å²) in [5.74, 6) is 0.303. The number of primary amides is 1. The first-order valence-corrected chi connectivity index (χ1v) is 10.9. The van der Waals surface area contributed by atoms with Gasteiger partial charge in [0.15, 0.2) is 0 Å². The van der Waals surface area contributed by atoms with Crippen molar-refractivity contribution >= 4 is 11.8 Å². The topological polar surface area (TPSA) is 72.6 Å². The van der Waals surface area contributed by atoms with Crippen LogP contribution in [-0.2, 0) is 11.2 Å². The molecule has 1 aliphatic heterocycles. The van der Waals surface area contributed by atoms with Crippen LogP contribution in [0.5, 0.6) is 5.75 Å². The fourth-order valence-corrected chi connectivity index (χ4v) is 4.53. The number of hydrogen-bond acceptors (Lipinski definition) is 3. The molecule has 0 bridgehead atoms. The number of hydrogen-bond donors (Lipinski definition) is 1. The van der Waals surface area contributed by atoms with Crippen LogP contribution in [0.25, 0.3) is 11.1 Å². The van der Waals surface area contributed by atoms with E-state index in [1.807, 2.05) is 42.5 Å². The molecule has 4 rings (SSSR count). The predicted molar refractivity (Wildman–Crippen MR) is 125 cm³/mol. The summed E-state index contributed by atoms with van der Waals surface area (Å²) < 4.78 is 5.24. The zero-order chi connectivity index (χ0) is 22.6. The highest BCUT2D eigenvalue weighted by Crippen LogP contribution is 2.38. The highest BCUT2D eigenvalue weighted by atomic mass is 16.5. The highest BCUT2D eigenvalue weighted by molar-refractivity contribution is 5.95. The number of nitrogens with zero attached hydrogens (tertiary/aromatic N) is 1. The molecule has 5 nitrogen and oxygen atoms in total. The average Bonchev–Trinajstić information content (AvgIpc) is 2.85. The van der Waals surface area contributed by atoms with Crippen LogP contribution < -0.4 is 10.5 Å². The van der Waals surface area contributed by atoms with E-state index in [9.17, 15) is 9.59 Å². The fraction of sp³-hybridized carbons (Fsp3) is 0.259. The minimum atomic E-state index is -0.671. The summed E-state index contributed by atoms with van der Waals surface area (Å²) in [6.45, 7) is 0.985. The van der Waals surface area contributed by atoms with E-state index < -0.39 is 5.41 Å². The van der Waals surface area contributed by atoms with Crippen LogP contribution in [-0.4, -0.2) is 36.9 Å². The Morgan fingerprint density at radius 2 is 1.62 bits per heavy atom. The molecule has 1 heterocycles. The van der Waals surface area contributed by atoms with Crippen LogP contribution in [0.2, 0.25) is 0 Å². The van der Waals surface area contributed by atoms with Gasteiger partial charge in [0.25, 0.3) is 5.91 Å². The number of likely N-dealkylation sites (tertiary alicyclic amines) is 1. The minimum absolute atomic E-state index is 0.0494. The van der Waals surface area contributed by atoms with Crippen molar-refractivity contribution in [1.82, 2.24) is 4.90 Å². The van der Waals surface area contributed by atoms with Crippen LogP contribution in [0.3, 0.4) is 0 Å². The molecule has 2 N–H and O–H groups in total. The van der Waals surface area contributed by atoms with Gasteiger partial charge < -0.3 is 15.4 Å². The SMILES string of the molecule is COc1cccc(C(=O)N2CCC(Cc3ccccc3-c3ccccc3)(C(N)=O)CC2)c1. The third-order valence-corrected chi connectivity index (χ3v) is 6.48. The summed E-state index contributed by atoms with van der Waals surface area (Å²) in [6.07, 6.45) is 1.65. The molecule has 3 aromatic carbocycles. The molecule has 0 spiro atoms. The van der Waals surface area contributed by atoms with Gasteiger partial charge in [0, 0.05) is 18.7 Å². The lowest BCUT2D eigenvalue weighted by molar-refractivity contribution is -0.130. The lowest BCUT2D eigenvalue weighted by Gasteiger charge is -2.40. The first kappa shape index (κ1) is 21.6. The minimum Gasteiger partial charge on any atom is -0.497 e. The molecule has 0 unspecified atom stereocenters. The molecule has 1 saturated heterocycles. The Bertz CT molecular complexity index is 1100. The van der Waals surface area contributed by atoms with Gasteiger partial charge in [-0.3, -0.25) is 9.59 Å². The number of ether oxygens (including phenoxy) is 1. The lowest BCUT2D eigenvalue weighted by atomic mass is 9.72. The van der Waals surface area contributed by atoms with Gasteiger partial charge in [0.05, 0.1) is 12.5 Å². The number of rotatable bonds is 6. The van der Waals surface area contributed by atoms with Crippen molar-refractivity contribution in [2.45, 2.75) is 19.3 Å². The average molecular weight is 429 g/mol. The Hall–Kier alpha value is -3.60. The molecule has 0 saturated carbocycles. The third-order valence-electron chi connectivity index (χ3n) is 6.48. The summed E-state index contributed by atoms with van der Waals surface area (Å²) in [7, 11) is 1.58. The monoisotopic (exact) mass is 428 g/mol. The maximum absolute atomic E-state index is 13.0. The zero-order valence-electron chi connectivity index (χ0n) is 18.3. The second-order valence-electron chi connectivity index (χ2n) is 8.37. The van der Waals surface area contributed by atoms with Crippen LogP contribution in [0.15, 0.2) is 78.9 Å². The van der Waals surface area contributed by atoms with E-state index in [0.29, 0.717) is 43.7 Å². The Morgan fingerprint density at radius 3 is 2.31 bits per heavy atom. The van der Waals surface area contributed by atoms with E-state index >= 15 is 0 Å². The number of nitrogens with two attached hydrogens (primary N) is 1. The molecule has 1 aliphatic rings. The van der Waals surface area contributed by atoms with E-state index in [1.165, 1.54) is 0 Å². The predicted octanol–water partition coefficient (Wildman–Crippen LogP) is 4.31. The van der Waals surface area contributed by atoms with Crippen LogP contribution in [0.4, 0.5) is 0 Å². The van der Waals surface area contributed by atoms with E-state index in [-0.39, 0.29) is 11.8 Å². The second-order valence-corrected chi connectivity index (χ2v) is 8.37. The fourth-order valence-electron chi connectivity index (χ4n) is 4.53. The summed E-state index contributed by atoms with van der Waals surface area (Å²) in [5, 5.41) is 0. The van der Waals surface area contributed by atoms with Crippen LogP contribution in [0, 0.1) is 5.41 Å². The van der Waals surface area contributed by atoms with E-state index in [1.54, 1.807) is 24.1 Å². The Labute approximate surface area is 188 Å². The molecular formula is C27H28N2O3. The number of methoxy groups -OCH3 is 1.